The van der Waals surface area contributed by atoms with E-state index in [4.69, 9.17) is 0 Å². The normalized spacial score (nSPS) is 23.3. The van der Waals surface area contributed by atoms with E-state index in [-0.39, 0.29) is 0 Å². The molecule has 0 saturated carbocycles. The number of para-hydroxylation sites is 1. The summed E-state index contributed by atoms with van der Waals surface area (Å²) in [5, 5.41) is 3.48. The molecule has 1 saturated heterocycles. The molecule has 1 unspecified atom stereocenters. The molecule has 0 amide bonds. The standard InChI is InChI=1S/C10H14N2S/c1-12-7-8-13-10(12)11-9-5-3-2-4-6-9/h2-6,10-11H,7-8H2,1H3. The Morgan fingerprint density at radius 3 is 2.77 bits per heavy atom. The van der Waals surface area contributed by atoms with Gasteiger partial charge in [-0.15, -0.1) is 11.8 Å². The van der Waals surface area contributed by atoms with Crippen molar-refractivity contribution in [3.8, 4) is 0 Å². The van der Waals surface area contributed by atoms with Crippen LogP contribution < -0.4 is 5.32 Å². The zero-order valence-electron chi connectivity index (χ0n) is 7.73. The molecule has 2 nitrogen and oxygen atoms in total. The highest BCUT2D eigenvalue weighted by Crippen LogP contribution is 2.23. The number of nitrogens with zero attached hydrogens (tertiary/aromatic N) is 1. The van der Waals surface area contributed by atoms with E-state index in [2.05, 4.69) is 41.5 Å². The summed E-state index contributed by atoms with van der Waals surface area (Å²) in [7, 11) is 2.15. The smallest absolute Gasteiger partial charge is 0.128 e. The highest BCUT2D eigenvalue weighted by Gasteiger charge is 2.20. The maximum Gasteiger partial charge on any atom is 0.128 e. The first-order valence-electron chi connectivity index (χ1n) is 4.50. The molecule has 1 aliphatic rings. The van der Waals surface area contributed by atoms with Crippen LogP contribution in [-0.2, 0) is 0 Å². The monoisotopic (exact) mass is 194 g/mol. The molecule has 1 fully saturated rings. The fraction of sp³-hybridized carbons (Fsp3) is 0.400. The van der Waals surface area contributed by atoms with E-state index < -0.39 is 0 Å². The molecule has 3 heteroatoms. The summed E-state index contributed by atoms with van der Waals surface area (Å²) < 4.78 is 0. The van der Waals surface area contributed by atoms with E-state index in [1.807, 2.05) is 17.8 Å². The fourth-order valence-corrected chi connectivity index (χ4v) is 2.58. The molecule has 0 spiro atoms. The van der Waals surface area contributed by atoms with E-state index in [0.717, 1.165) is 0 Å². The first-order valence-corrected chi connectivity index (χ1v) is 5.54. The van der Waals surface area contributed by atoms with Crippen LogP contribution >= 0.6 is 11.8 Å². The molecule has 1 N–H and O–H groups in total. The van der Waals surface area contributed by atoms with Crippen LogP contribution in [0, 0.1) is 0 Å². The molecule has 1 aromatic carbocycles. The van der Waals surface area contributed by atoms with Gasteiger partial charge in [-0.1, -0.05) is 18.2 Å². The lowest BCUT2D eigenvalue weighted by Gasteiger charge is -2.20. The molecule has 13 heavy (non-hydrogen) atoms. The zero-order chi connectivity index (χ0) is 9.10. The quantitative estimate of drug-likeness (QED) is 0.776. The molecule has 1 aromatic rings. The molecule has 0 aromatic heterocycles. The van der Waals surface area contributed by atoms with Gasteiger partial charge in [-0.3, -0.25) is 4.90 Å². The maximum absolute atomic E-state index is 3.48. The third-order valence-corrected chi connectivity index (χ3v) is 3.40. The van der Waals surface area contributed by atoms with Crippen LogP contribution in [0.4, 0.5) is 5.69 Å². The minimum absolute atomic E-state index is 0.447. The molecule has 1 aliphatic heterocycles. The van der Waals surface area contributed by atoms with Crippen LogP contribution in [0.2, 0.25) is 0 Å². The maximum atomic E-state index is 3.48. The zero-order valence-corrected chi connectivity index (χ0v) is 8.55. The van der Waals surface area contributed by atoms with Crippen molar-refractivity contribution in [3.63, 3.8) is 0 Å². The summed E-state index contributed by atoms with van der Waals surface area (Å²) >= 11 is 1.96. The number of thioether (sulfide) groups is 1. The Balaban J connectivity index is 1.98. The molecule has 1 atom stereocenters. The lowest BCUT2D eigenvalue weighted by atomic mass is 10.3. The van der Waals surface area contributed by atoms with Gasteiger partial charge >= 0.3 is 0 Å². The number of anilines is 1. The van der Waals surface area contributed by atoms with E-state index in [9.17, 15) is 0 Å². The summed E-state index contributed by atoms with van der Waals surface area (Å²) in [5.41, 5.74) is 1.65. The van der Waals surface area contributed by atoms with Gasteiger partial charge in [0.1, 0.15) is 5.50 Å². The Morgan fingerprint density at radius 1 is 1.38 bits per heavy atom. The number of hydrogen-bond donors (Lipinski definition) is 1. The molecular formula is C10H14N2S. The van der Waals surface area contributed by atoms with Gasteiger partial charge in [0.2, 0.25) is 0 Å². The second-order valence-corrected chi connectivity index (χ2v) is 4.40. The van der Waals surface area contributed by atoms with Crippen molar-refractivity contribution >= 4 is 17.4 Å². The van der Waals surface area contributed by atoms with Crippen LogP contribution in [-0.4, -0.2) is 29.7 Å². The van der Waals surface area contributed by atoms with Crippen LogP contribution in [0.5, 0.6) is 0 Å². The molecule has 70 valence electrons. The number of rotatable bonds is 2. The largest absolute Gasteiger partial charge is 0.361 e. The van der Waals surface area contributed by atoms with E-state index in [1.54, 1.807) is 0 Å². The molecule has 2 rings (SSSR count). The van der Waals surface area contributed by atoms with Crippen LogP contribution in [0.3, 0.4) is 0 Å². The first-order chi connectivity index (χ1) is 6.36. The number of benzene rings is 1. The Bertz CT molecular complexity index is 263. The Hall–Kier alpha value is -0.670. The van der Waals surface area contributed by atoms with Gasteiger partial charge in [0.15, 0.2) is 0 Å². The van der Waals surface area contributed by atoms with Crippen molar-refractivity contribution in [1.82, 2.24) is 4.90 Å². The summed E-state index contributed by atoms with van der Waals surface area (Å²) in [6.45, 7) is 1.18. The number of nitrogens with one attached hydrogen (secondary N) is 1. The summed E-state index contributed by atoms with van der Waals surface area (Å²) in [4.78, 5) is 2.33. The minimum atomic E-state index is 0.447. The van der Waals surface area contributed by atoms with Gasteiger partial charge < -0.3 is 5.32 Å². The van der Waals surface area contributed by atoms with Crippen molar-refractivity contribution in [2.24, 2.45) is 0 Å². The highest BCUT2D eigenvalue weighted by atomic mass is 32.2. The van der Waals surface area contributed by atoms with Gasteiger partial charge in [0.25, 0.3) is 0 Å². The Kier molecular flexibility index (Phi) is 2.76. The van der Waals surface area contributed by atoms with Crippen molar-refractivity contribution in [3.05, 3.63) is 30.3 Å². The van der Waals surface area contributed by atoms with E-state index >= 15 is 0 Å². The van der Waals surface area contributed by atoms with E-state index in [1.165, 1.54) is 18.0 Å². The van der Waals surface area contributed by atoms with Gasteiger partial charge in [-0.05, 0) is 19.2 Å². The third kappa shape index (κ3) is 2.17. The van der Waals surface area contributed by atoms with Crippen LogP contribution in [0.1, 0.15) is 0 Å². The molecular weight excluding hydrogens is 180 g/mol. The molecule has 0 radical (unpaired) electrons. The van der Waals surface area contributed by atoms with Crippen molar-refractivity contribution in [2.45, 2.75) is 5.50 Å². The van der Waals surface area contributed by atoms with Gasteiger partial charge in [-0.2, -0.15) is 0 Å². The topological polar surface area (TPSA) is 15.3 Å². The SMILES string of the molecule is CN1CCSC1Nc1ccccc1. The average Bonchev–Trinajstić information content (AvgIpc) is 2.54. The number of hydrogen-bond acceptors (Lipinski definition) is 3. The molecule has 1 heterocycles. The average molecular weight is 194 g/mol. The van der Waals surface area contributed by atoms with Gasteiger partial charge in [-0.25, -0.2) is 0 Å². The van der Waals surface area contributed by atoms with Crippen molar-refractivity contribution in [2.75, 3.05) is 24.7 Å². The first kappa shape index (κ1) is 8.91. The van der Waals surface area contributed by atoms with E-state index in [0.29, 0.717) is 5.50 Å². The minimum Gasteiger partial charge on any atom is -0.361 e. The second kappa shape index (κ2) is 4.03. The lowest BCUT2D eigenvalue weighted by molar-refractivity contribution is 0.375. The summed E-state index contributed by atoms with van der Waals surface area (Å²) in [6.07, 6.45) is 0. The molecule has 0 aliphatic carbocycles. The second-order valence-electron chi connectivity index (χ2n) is 3.21. The Morgan fingerprint density at radius 2 is 2.15 bits per heavy atom. The predicted octanol–water partition coefficient (Wildman–Crippen LogP) is 2.06. The van der Waals surface area contributed by atoms with Gasteiger partial charge in [0.05, 0.1) is 0 Å². The predicted molar refractivity (Wildman–Crippen MR) is 58.9 cm³/mol. The summed E-state index contributed by atoms with van der Waals surface area (Å²) in [6, 6.07) is 10.4. The summed E-state index contributed by atoms with van der Waals surface area (Å²) in [5.74, 6) is 1.22. The highest BCUT2D eigenvalue weighted by molar-refractivity contribution is 8.00. The Labute approximate surface area is 83.3 Å². The van der Waals surface area contributed by atoms with Crippen molar-refractivity contribution in [1.29, 1.82) is 0 Å². The van der Waals surface area contributed by atoms with Crippen LogP contribution in [0.15, 0.2) is 30.3 Å². The molecule has 0 bridgehead atoms. The third-order valence-electron chi connectivity index (χ3n) is 2.18. The fourth-order valence-electron chi connectivity index (χ4n) is 1.38. The lowest BCUT2D eigenvalue weighted by Crippen LogP contribution is -2.30. The van der Waals surface area contributed by atoms with Crippen molar-refractivity contribution < 1.29 is 0 Å². The van der Waals surface area contributed by atoms with Gasteiger partial charge in [0, 0.05) is 18.0 Å². The van der Waals surface area contributed by atoms with Crippen LogP contribution in [0.25, 0.3) is 0 Å².